The van der Waals surface area contributed by atoms with E-state index in [1.54, 1.807) is 24.3 Å². The molecule has 0 radical (unpaired) electrons. The van der Waals surface area contributed by atoms with Crippen molar-refractivity contribution in [2.75, 3.05) is 10.6 Å². The molecule has 0 atom stereocenters. The van der Waals surface area contributed by atoms with Gasteiger partial charge in [0.25, 0.3) is 0 Å². The molecule has 2 amide bonds. The fourth-order valence-electron chi connectivity index (χ4n) is 2.79. The van der Waals surface area contributed by atoms with Crippen LogP contribution >= 0.6 is 11.6 Å². The second-order valence-corrected chi connectivity index (χ2v) is 6.65. The molecule has 26 heavy (non-hydrogen) atoms. The SMILES string of the molecule is Cc1ccccc1Cn1nc(C)c(NC(=O)Nc2ccc(Cl)cc2)c1C. The highest BCUT2D eigenvalue weighted by Crippen LogP contribution is 2.22. The van der Waals surface area contributed by atoms with E-state index < -0.39 is 0 Å². The van der Waals surface area contributed by atoms with Crippen molar-refractivity contribution in [2.24, 2.45) is 0 Å². The summed E-state index contributed by atoms with van der Waals surface area (Å²) >= 11 is 5.86. The number of rotatable bonds is 4. The molecule has 0 saturated carbocycles. The minimum Gasteiger partial charge on any atom is -0.308 e. The average Bonchev–Trinajstić information content (AvgIpc) is 2.86. The topological polar surface area (TPSA) is 59.0 Å². The van der Waals surface area contributed by atoms with Crippen molar-refractivity contribution < 1.29 is 4.79 Å². The van der Waals surface area contributed by atoms with Crippen LogP contribution in [-0.4, -0.2) is 15.8 Å². The molecule has 2 N–H and O–H groups in total. The molecular weight excluding hydrogens is 348 g/mol. The van der Waals surface area contributed by atoms with Gasteiger partial charge in [-0.05, 0) is 56.2 Å². The molecule has 0 unspecified atom stereocenters. The molecule has 134 valence electrons. The maximum Gasteiger partial charge on any atom is 0.323 e. The number of nitrogens with zero attached hydrogens (tertiary/aromatic N) is 2. The quantitative estimate of drug-likeness (QED) is 0.668. The van der Waals surface area contributed by atoms with Crippen LogP contribution in [0.25, 0.3) is 0 Å². The maximum atomic E-state index is 12.3. The summed E-state index contributed by atoms with van der Waals surface area (Å²) in [6.07, 6.45) is 0. The van der Waals surface area contributed by atoms with Gasteiger partial charge in [-0.3, -0.25) is 4.68 Å². The number of anilines is 2. The molecule has 0 saturated heterocycles. The van der Waals surface area contributed by atoms with Gasteiger partial charge < -0.3 is 10.6 Å². The lowest BCUT2D eigenvalue weighted by molar-refractivity contribution is 0.262. The van der Waals surface area contributed by atoms with Crippen LogP contribution in [0.5, 0.6) is 0 Å². The van der Waals surface area contributed by atoms with Gasteiger partial charge in [-0.15, -0.1) is 0 Å². The maximum absolute atomic E-state index is 12.3. The second kappa shape index (κ2) is 7.62. The number of hydrogen-bond acceptors (Lipinski definition) is 2. The first-order chi connectivity index (χ1) is 12.4. The minimum atomic E-state index is -0.311. The summed E-state index contributed by atoms with van der Waals surface area (Å²) in [4.78, 5) is 12.3. The molecule has 5 nitrogen and oxygen atoms in total. The van der Waals surface area contributed by atoms with Gasteiger partial charge in [0.15, 0.2) is 0 Å². The fourth-order valence-corrected chi connectivity index (χ4v) is 2.92. The highest BCUT2D eigenvalue weighted by atomic mass is 35.5. The van der Waals surface area contributed by atoms with Gasteiger partial charge in [-0.25, -0.2) is 4.79 Å². The van der Waals surface area contributed by atoms with Crippen molar-refractivity contribution in [3.8, 4) is 0 Å². The molecule has 0 aliphatic heterocycles. The van der Waals surface area contributed by atoms with E-state index in [0.717, 1.165) is 17.1 Å². The Balaban J connectivity index is 1.74. The molecule has 2 aromatic carbocycles. The summed E-state index contributed by atoms with van der Waals surface area (Å²) in [6, 6.07) is 14.9. The average molecular weight is 369 g/mol. The third-order valence-corrected chi connectivity index (χ3v) is 4.56. The van der Waals surface area contributed by atoms with Crippen LogP contribution in [0.1, 0.15) is 22.5 Å². The van der Waals surface area contributed by atoms with Gasteiger partial charge in [-0.1, -0.05) is 35.9 Å². The van der Waals surface area contributed by atoms with Crippen LogP contribution < -0.4 is 10.6 Å². The number of nitrogens with one attached hydrogen (secondary N) is 2. The second-order valence-electron chi connectivity index (χ2n) is 6.22. The van der Waals surface area contributed by atoms with E-state index >= 15 is 0 Å². The summed E-state index contributed by atoms with van der Waals surface area (Å²) in [5.41, 5.74) is 5.52. The predicted octanol–water partition coefficient (Wildman–Crippen LogP) is 5.15. The molecule has 6 heteroatoms. The molecule has 3 rings (SSSR count). The van der Waals surface area contributed by atoms with E-state index in [1.807, 2.05) is 30.7 Å². The Morgan fingerprint density at radius 1 is 1.04 bits per heavy atom. The lowest BCUT2D eigenvalue weighted by Gasteiger charge is -2.10. The molecule has 1 aromatic heterocycles. The van der Waals surface area contributed by atoms with Gasteiger partial charge in [-0.2, -0.15) is 5.10 Å². The summed E-state index contributed by atoms with van der Waals surface area (Å²) in [5.74, 6) is 0. The monoisotopic (exact) mass is 368 g/mol. The highest BCUT2D eigenvalue weighted by molar-refractivity contribution is 6.30. The molecular formula is C20H21ClN4O. The zero-order valence-corrected chi connectivity index (χ0v) is 15.8. The van der Waals surface area contributed by atoms with E-state index in [1.165, 1.54) is 11.1 Å². The largest absolute Gasteiger partial charge is 0.323 e. The van der Waals surface area contributed by atoms with E-state index in [-0.39, 0.29) is 6.03 Å². The van der Waals surface area contributed by atoms with E-state index in [4.69, 9.17) is 11.6 Å². The Hall–Kier alpha value is -2.79. The smallest absolute Gasteiger partial charge is 0.308 e. The van der Waals surface area contributed by atoms with Crippen LogP contribution in [-0.2, 0) is 6.54 Å². The summed E-state index contributed by atoms with van der Waals surface area (Å²) in [5, 5.41) is 10.9. The molecule has 0 bridgehead atoms. The molecule has 0 spiro atoms. The minimum absolute atomic E-state index is 0.311. The molecule has 0 aliphatic rings. The zero-order chi connectivity index (χ0) is 18.7. The first-order valence-electron chi connectivity index (χ1n) is 8.36. The van der Waals surface area contributed by atoms with E-state index in [0.29, 0.717) is 17.3 Å². The number of hydrogen-bond donors (Lipinski definition) is 2. The lowest BCUT2D eigenvalue weighted by atomic mass is 10.1. The van der Waals surface area contributed by atoms with Crippen molar-refractivity contribution in [1.82, 2.24) is 9.78 Å². The molecule has 1 heterocycles. The van der Waals surface area contributed by atoms with Crippen molar-refractivity contribution >= 4 is 29.0 Å². The normalized spacial score (nSPS) is 10.6. The standard InChI is InChI=1S/C20H21ClN4O/c1-13-6-4-5-7-16(13)12-25-15(3)19(14(2)24-25)23-20(26)22-18-10-8-17(21)9-11-18/h4-11H,12H2,1-3H3,(H2,22,23,26). The number of amides is 2. The molecule has 3 aromatic rings. The Labute approximate surface area is 158 Å². The van der Waals surface area contributed by atoms with Gasteiger partial charge in [0.05, 0.1) is 23.6 Å². The van der Waals surface area contributed by atoms with E-state index in [2.05, 4.69) is 34.8 Å². The van der Waals surface area contributed by atoms with Gasteiger partial charge in [0, 0.05) is 10.7 Å². The first kappa shape index (κ1) is 18.0. The van der Waals surface area contributed by atoms with Gasteiger partial charge in [0.1, 0.15) is 0 Å². The zero-order valence-electron chi connectivity index (χ0n) is 15.0. The Bertz CT molecular complexity index is 931. The van der Waals surface area contributed by atoms with Crippen LogP contribution in [0.2, 0.25) is 5.02 Å². The number of aromatic nitrogens is 2. The molecule has 0 aliphatic carbocycles. The van der Waals surface area contributed by atoms with Crippen molar-refractivity contribution in [1.29, 1.82) is 0 Å². The van der Waals surface area contributed by atoms with Gasteiger partial charge in [0.2, 0.25) is 0 Å². The van der Waals surface area contributed by atoms with E-state index in [9.17, 15) is 4.79 Å². The number of aryl methyl sites for hydroxylation is 2. The molecule has 0 fully saturated rings. The summed E-state index contributed by atoms with van der Waals surface area (Å²) in [6.45, 7) is 6.59. The van der Waals surface area contributed by atoms with Crippen molar-refractivity contribution in [3.05, 3.63) is 76.1 Å². The van der Waals surface area contributed by atoms with Crippen LogP contribution in [0.15, 0.2) is 48.5 Å². The van der Waals surface area contributed by atoms with Gasteiger partial charge >= 0.3 is 6.03 Å². The summed E-state index contributed by atoms with van der Waals surface area (Å²) in [7, 11) is 0. The van der Waals surface area contributed by atoms with Crippen molar-refractivity contribution in [3.63, 3.8) is 0 Å². The first-order valence-corrected chi connectivity index (χ1v) is 8.74. The number of halogens is 1. The Morgan fingerprint density at radius 2 is 1.73 bits per heavy atom. The number of carbonyl (C=O) groups is 1. The third kappa shape index (κ3) is 4.06. The van der Waals surface area contributed by atoms with Crippen molar-refractivity contribution in [2.45, 2.75) is 27.3 Å². The fraction of sp³-hybridized carbons (Fsp3) is 0.200. The van der Waals surface area contributed by atoms with Crippen LogP contribution in [0, 0.1) is 20.8 Å². The Kier molecular flexibility index (Phi) is 5.28. The third-order valence-electron chi connectivity index (χ3n) is 4.30. The summed E-state index contributed by atoms with van der Waals surface area (Å²) < 4.78 is 1.91. The van der Waals surface area contributed by atoms with Crippen LogP contribution in [0.3, 0.4) is 0 Å². The number of carbonyl (C=O) groups excluding carboxylic acids is 1. The number of benzene rings is 2. The highest BCUT2D eigenvalue weighted by Gasteiger charge is 2.15. The number of urea groups is 1. The lowest BCUT2D eigenvalue weighted by Crippen LogP contribution is -2.20. The Morgan fingerprint density at radius 3 is 2.42 bits per heavy atom. The predicted molar refractivity (Wildman–Crippen MR) is 106 cm³/mol. The van der Waals surface area contributed by atoms with Crippen LogP contribution in [0.4, 0.5) is 16.2 Å².